The maximum atomic E-state index is 8.72. The molecule has 1 rings (SSSR count). The van der Waals surface area contributed by atoms with Crippen molar-refractivity contribution >= 4 is 0 Å². The Morgan fingerprint density at radius 3 is 1.85 bits per heavy atom. The van der Waals surface area contributed by atoms with Crippen LogP contribution >= 0.6 is 0 Å². The highest BCUT2D eigenvalue weighted by Gasteiger charge is 2.24. The van der Waals surface area contributed by atoms with Gasteiger partial charge in [-0.15, -0.1) is 0 Å². The molecule has 0 heterocycles. The third-order valence-electron chi connectivity index (χ3n) is 1.54. The summed E-state index contributed by atoms with van der Waals surface area (Å²) in [7, 11) is 0. The smallest absolute Gasteiger partial charge is 0.143 e. The molecule has 0 atom stereocenters. The molecule has 3 nitrogen and oxygen atoms in total. The van der Waals surface area contributed by atoms with Gasteiger partial charge in [0.05, 0.1) is 11.6 Å². The van der Waals surface area contributed by atoms with E-state index in [1.54, 1.807) is 37.8 Å². The Morgan fingerprint density at radius 1 is 0.923 bits per heavy atom. The molecule has 0 spiro atoms. The zero-order valence-corrected chi connectivity index (χ0v) is 6.65. The van der Waals surface area contributed by atoms with Gasteiger partial charge in [0.25, 0.3) is 0 Å². The van der Waals surface area contributed by atoms with E-state index in [9.17, 15) is 0 Å². The Hall–Kier alpha value is -1.79. The van der Waals surface area contributed by atoms with Crippen LogP contribution in [0.2, 0.25) is 0 Å². The van der Waals surface area contributed by atoms with Gasteiger partial charge in [0.2, 0.25) is 0 Å². The number of hydrogen-bond acceptors (Lipinski definition) is 3. The summed E-state index contributed by atoms with van der Waals surface area (Å²) < 4.78 is 0. The predicted octanol–water partition coefficient (Wildman–Crippen LogP) is 1.26. The molecule has 0 bridgehead atoms. The second-order valence-electron chi connectivity index (χ2n) is 2.26. The zero-order chi connectivity index (χ0) is 9.68. The van der Waals surface area contributed by atoms with Gasteiger partial charge in [0, 0.05) is 5.92 Å². The van der Waals surface area contributed by atoms with Crippen molar-refractivity contribution in [3.05, 3.63) is 42.7 Å². The molecule has 1 fully saturated rings. The van der Waals surface area contributed by atoms with Gasteiger partial charge >= 0.3 is 0 Å². The van der Waals surface area contributed by atoms with Crippen LogP contribution in [0.3, 0.4) is 0 Å². The number of rotatable bonds is 1. The van der Waals surface area contributed by atoms with E-state index in [1.165, 1.54) is 0 Å². The minimum Gasteiger partial charge on any atom is -0.193 e. The van der Waals surface area contributed by atoms with Crippen molar-refractivity contribution in [3.8, 4) is 18.2 Å². The van der Waals surface area contributed by atoms with Crippen molar-refractivity contribution in [2.24, 2.45) is 0 Å². The average Bonchev–Trinajstić information content (AvgIpc) is 2.66. The van der Waals surface area contributed by atoms with Crippen LogP contribution in [0.1, 0.15) is 0 Å². The van der Waals surface area contributed by atoms with Crippen LogP contribution in [0, 0.1) is 65.6 Å². The Morgan fingerprint density at radius 2 is 1.46 bits per heavy atom. The first-order chi connectivity index (χ1) is 6.33. The lowest BCUT2D eigenvalue weighted by Gasteiger charge is -2.03. The number of allylic oxidation sites excluding steroid dienone is 2. The summed E-state index contributed by atoms with van der Waals surface area (Å²) in [4.78, 5) is 0. The van der Waals surface area contributed by atoms with Gasteiger partial charge in [-0.05, 0) is 25.7 Å². The first-order valence-corrected chi connectivity index (χ1v) is 3.50. The van der Waals surface area contributed by atoms with Crippen LogP contribution in [-0.4, -0.2) is 0 Å². The summed E-state index contributed by atoms with van der Waals surface area (Å²) in [6, 6.07) is 5.22. The SMILES string of the molecule is N#CC(C#N)=C(C#N)[C]1[CH][CH][CH][CH]1. The Kier molecular flexibility index (Phi) is 3.07. The van der Waals surface area contributed by atoms with Crippen LogP contribution < -0.4 is 0 Å². The van der Waals surface area contributed by atoms with Crippen molar-refractivity contribution in [3.63, 3.8) is 0 Å². The number of nitriles is 3. The minimum atomic E-state index is -0.145. The fourth-order valence-corrected chi connectivity index (χ4v) is 0.942. The molecule has 59 valence electrons. The quantitative estimate of drug-likeness (QED) is 0.550. The lowest BCUT2D eigenvalue weighted by atomic mass is 9.95. The van der Waals surface area contributed by atoms with E-state index in [4.69, 9.17) is 15.8 Å². The third kappa shape index (κ3) is 1.86. The Bertz CT molecular complexity index is 324. The molecule has 0 amide bonds. The molecule has 3 heteroatoms. The summed E-state index contributed by atoms with van der Waals surface area (Å²) in [5.74, 6) is 0.612. The van der Waals surface area contributed by atoms with Crippen LogP contribution in [0.4, 0.5) is 0 Å². The second-order valence-corrected chi connectivity index (χ2v) is 2.26. The summed E-state index contributed by atoms with van der Waals surface area (Å²) in [6.07, 6.45) is 6.87. The van der Waals surface area contributed by atoms with E-state index in [1.807, 2.05) is 6.07 Å². The van der Waals surface area contributed by atoms with Crippen molar-refractivity contribution < 1.29 is 0 Å². The Labute approximate surface area is 77.5 Å². The van der Waals surface area contributed by atoms with Gasteiger partial charge in [-0.2, -0.15) is 15.8 Å². The molecule has 5 radical (unpaired) electrons. The van der Waals surface area contributed by atoms with Gasteiger partial charge in [0.1, 0.15) is 17.7 Å². The summed E-state index contributed by atoms with van der Waals surface area (Å²) in [5, 5.41) is 25.8. The van der Waals surface area contributed by atoms with Gasteiger partial charge < -0.3 is 0 Å². The van der Waals surface area contributed by atoms with Gasteiger partial charge in [0.15, 0.2) is 0 Å². The van der Waals surface area contributed by atoms with E-state index in [-0.39, 0.29) is 11.1 Å². The monoisotopic (exact) mass is 166 g/mol. The molecule has 0 N–H and O–H groups in total. The fourth-order valence-electron chi connectivity index (χ4n) is 0.942. The van der Waals surface area contributed by atoms with E-state index in [2.05, 4.69) is 0 Å². The topological polar surface area (TPSA) is 71.4 Å². The molecular weight excluding hydrogens is 162 g/mol. The first-order valence-electron chi connectivity index (χ1n) is 3.50. The lowest BCUT2D eigenvalue weighted by molar-refractivity contribution is 1.26. The summed E-state index contributed by atoms with van der Waals surface area (Å²) >= 11 is 0. The molecule has 1 saturated carbocycles. The van der Waals surface area contributed by atoms with E-state index in [0.29, 0.717) is 5.92 Å². The molecule has 1 aliphatic rings. The molecule has 0 unspecified atom stereocenters. The van der Waals surface area contributed by atoms with Crippen LogP contribution in [0.5, 0.6) is 0 Å². The number of nitrogens with zero attached hydrogens (tertiary/aromatic N) is 3. The highest BCUT2D eigenvalue weighted by molar-refractivity contribution is 5.61. The van der Waals surface area contributed by atoms with E-state index < -0.39 is 0 Å². The van der Waals surface area contributed by atoms with Crippen molar-refractivity contribution in [2.75, 3.05) is 0 Å². The maximum absolute atomic E-state index is 8.72. The van der Waals surface area contributed by atoms with Crippen LogP contribution in [0.15, 0.2) is 11.1 Å². The highest BCUT2D eigenvalue weighted by Crippen LogP contribution is 2.31. The molecule has 13 heavy (non-hydrogen) atoms. The molecule has 0 aliphatic heterocycles. The van der Waals surface area contributed by atoms with Crippen molar-refractivity contribution in [1.82, 2.24) is 0 Å². The summed E-state index contributed by atoms with van der Waals surface area (Å²) in [5.41, 5.74) is -0.0105. The van der Waals surface area contributed by atoms with Crippen molar-refractivity contribution in [1.29, 1.82) is 15.8 Å². The number of hydrogen-bond donors (Lipinski definition) is 0. The van der Waals surface area contributed by atoms with Gasteiger partial charge in [-0.25, -0.2) is 0 Å². The van der Waals surface area contributed by atoms with Crippen molar-refractivity contribution in [2.45, 2.75) is 0 Å². The third-order valence-corrected chi connectivity index (χ3v) is 1.54. The summed E-state index contributed by atoms with van der Waals surface area (Å²) in [6.45, 7) is 0. The van der Waals surface area contributed by atoms with E-state index >= 15 is 0 Å². The molecule has 1 aliphatic carbocycles. The minimum absolute atomic E-state index is 0.134. The lowest BCUT2D eigenvalue weighted by Crippen LogP contribution is -1.98. The average molecular weight is 166 g/mol. The predicted molar refractivity (Wildman–Crippen MR) is 44.3 cm³/mol. The Balaban J connectivity index is 2.98. The fraction of sp³-hybridized carbons (Fsp3) is 0. The molecule has 0 aromatic carbocycles. The van der Waals surface area contributed by atoms with Crippen LogP contribution in [-0.2, 0) is 0 Å². The first kappa shape index (κ1) is 9.30. The molecule has 0 aromatic rings. The molecular formula is C10H4N3. The second kappa shape index (κ2) is 4.29. The van der Waals surface area contributed by atoms with Gasteiger partial charge in [-0.1, -0.05) is 0 Å². The van der Waals surface area contributed by atoms with Gasteiger partial charge in [-0.3, -0.25) is 0 Å². The molecule has 0 aromatic heterocycles. The maximum Gasteiger partial charge on any atom is 0.143 e. The molecule has 0 saturated heterocycles. The normalized spacial score (nSPS) is 15.5. The standard InChI is InChI=1S/C10H4N3/c11-5-9(6-12)10(7-13)8-3-1-2-4-8/h1-4H. The van der Waals surface area contributed by atoms with Crippen LogP contribution in [0.25, 0.3) is 0 Å². The highest BCUT2D eigenvalue weighted by atomic mass is 14.3. The van der Waals surface area contributed by atoms with E-state index in [0.717, 1.165) is 0 Å². The largest absolute Gasteiger partial charge is 0.193 e. The zero-order valence-electron chi connectivity index (χ0n) is 6.65.